The van der Waals surface area contributed by atoms with E-state index in [4.69, 9.17) is 21.7 Å². The van der Waals surface area contributed by atoms with Gasteiger partial charge in [-0.05, 0) is 61.0 Å². The van der Waals surface area contributed by atoms with Gasteiger partial charge in [-0.2, -0.15) is 0 Å². The Morgan fingerprint density at radius 2 is 1.79 bits per heavy atom. The third-order valence-electron chi connectivity index (χ3n) is 4.03. The Balaban J connectivity index is 1.61. The van der Waals surface area contributed by atoms with E-state index in [1.807, 2.05) is 30.3 Å². The third-order valence-corrected chi connectivity index (χ3v) is 4.25. The van der Waals surface area contributed by atoms with E-state index in [1.165, 1.54) is 5.56 Å². The van der Waals surface area contributed by atoms with Gasteiger partial charge in [0, 0.05) is 5.69 Å². The maximum absolute atomic E-state index is 5.64. The number of thiocarbonyl (C=S) groups is 1. The van der Waals surface area contributed by atoms with Gasteiger partial charge in [-0.3, -0.25) is 0 Å². The molecule has 3 rings (SSSR count). The van der Waals surface area contributed by atoms with E-state index in [-0.39, 0.29) is 6.04 Å². The molecule has 0 saturated carbocycles. The number of fused-ring (bicyclic) bond motifs is 1. The molecule has 0 amide bonds. The fraction of sp³-hybridized carbons (Fsp3) is 0.316. The van der Waals surface area contributed by atoms with Gasteiger partial charge in [0.05, 0.1) is 6.04 Å². The molecule has 0 aromatic heterocycles. The molecule has 24 heavy (non-hydrogen) atoms. The summed E-state index contributed by atoms with van der Waals surface area (Å²) in [6.45, 7) is 5.40. The third kappa shape index (κ3) is 3.97. The lowest BCUT2D eigenvalue weighted by atomic mass is 10.1. The van der Waals surface area contributed by atoms with E-state index in [9.17, 15) is 0 Å². The summed E-state index contributed by atoms with van der Waals surface area (Å²) in [6, 6.07) is 14.3. The van der Waals surface area contributed by atoms with Gasteiger partial charge in [-0.15, -0.1) is 0 Å². The molecule has 4 nitrogen and oxygen atoms in total. The van der Waals surface area contributed by atoms with Crippen molar-refractivity contribution < 1.29 is 9.47 Å². The lowest BCUT2D eigenvalue weighted by Crippen LogP contribution is -2.31. The fourth-order valence-corrected chi connectivity index (χ4v) is 2.89. The molecule has 0 saturated heterocycles. The Kier molecular flexibility index (Phi) is 5.20. The molecule has 2 aromatic rings. The van der Waals surface area contributed by atoms with Crippen molar-refractivity contribution in [1.82, 2.24) is 5.32 Å². The summed E-state index contributed by atoms with van der Waals surface area (Å²) >= 11 is 5.42. The quantitative estimate of drug-likeness (QED) is 0.820. The summed E-state index contributed by atoms with van der Waals surface area (Å²) in [5.74, 6) is 1.59. The van der Waals surface area contributed by atoms with Crippen LogP contribution in [0.3, 0.4) is 0 Å². The number of ether oxygens (including phenoxy) is 2. The second kappa shape index (κ2) is 7.53. The van der Waals surface area contributed by atoms with Crippen molar-refractivity contribution >= 4 is 23.0 Å². The molecule has 5 heteroatoms. The maximum Gasteiger partial charge on any atom is 0.171 e. The molecule has 0 unspecified atom stereocenters. The molecule has 1 aliphatic heterocycles. The van der Waals surface area contributed by atoms with Crippen molar-refractivity contribution in [3.8, 4) is 11.5 Å². The van der Waals surface area contributed by atoms with Crippen molar-refractivity contribution in [2.45, 2.75) is 26.3 Å². The lowest BCUT2D eigenvalue weighted by molar-refractivity contribution is 0.171. The van der Waals surface area contributed by atoms with E-state index in [0.29, 0.717) is 18.3 Å². The van der Waals surface area contributed by atoms with Gasteiger partial charge < -0.3 is 20.1 Å². The second-order valence-electron chi connectivity index (χ2n) is 5.77. The molecule has 2 aromatic carbocycles. The number of hydrogen-bond acceptors (Lipinski definition) is 3. The molecule has 0 radical (unpaired) electrons. The van der Waals surface area contributed by atoms with Crippen LogP contribution >= 0.6 is 12.2 Å². The maximum atomic E-state index is 5.64. The predicted octanol–water partition coefficient (Wildman–Crippen LogP) is 4.07. The Labute approximate surface area is 148 Å². The molecule has 1 aliphatic rings. The Bertz CT molecular complexity index is 716. The number of benzene rings is 2. The van der Waals surface area contributed by atoms with Gasteiger partial charge in [0.15, 0.2) is 16.6 Å². The molecule has 0 fully saturated rings. The van der Waals surface area contributed by atoms with Crippen LogP contribution < -0.4 is 20.1 Å². The van der Waals surface area contributed by atoms with Crippen LogP contribution in [0.4, 0.5) is 5.69 Å². The Morgan fingerprint density at radius 1 is 1.08 bits per heavy atom. The predicted molar refractivity (Wildman–Crippen MR) is 101 cm³/mol. The highest BCUT2D eigenvalue weighted by atomic mass is 32.1. The molecular weight excluding hydrogens is 320 g/mol. The number of hydrogen-bond donors (Lipinski definition) is 2. The fourth-order valence-electron chi connectivity index (χ4n) is 2.60. The molecular formula is C19H22N2O2S. The smallest absolute Gasteiger partial charge is 0.171 e. The zero-order valence-corrected chi connectivity index (χ0v) is 14.8. The first-order chi connectivity index (χ1) is 11.7. The van der Waals surface area contributed by atoms with Gasteiger partial charge in [-0.1, -0.05) is 25.1 Å². The van der Waals surface area contributed by atoms with Crippen LogP contribution in [-0.2, 0) is 6.42 Å². The van der Waals surface area contributed by atoms with Crippen LogP contribution in [0.5, 0.6) is 11.5 Å². The molecule has 0 bridgehead atoms. The largest absolute Gasteiger partial charge is 0.486 e. The number of nitrogens with one attached hydrogen (secondary N) is 2. The van der Waals surface area contributed by atoms with Crippen molar-refractivity contribution in [2.75, 3.05) is 18.5 Å². The van der Waals surface area contributed by atoms with Crippen LogP contribution in [0.15, 0.2) is 42.5 Å². The number of rotatable bonds is 4. The van der Waals surface area contributed by atoms with E-state index in [1.54, 1.807) is 0 Å². The van der Waals surface area contributed by atoms with E-state index in [2.05, 4.69) is 36.6 Å². The van der Waals surface area contributed by atoms with E-state index >= 15 is 0 Å². The standard InChI is InChI=1S/C19H22N2O2S/c1-3-14-4-7-16(8-5-14)21-19(24)20-13(2)15-6-9-17-18(12-15)23-11-10-22-17/h4-9,12-13H,3,10-11H2,1-2H3,(H2,20,21,24)/t13-/m0/s1. The summed E-state index contributed by atoms with van der Waals surface area (Å²) in [5.41, 5.74) is 3.40. The average molecular weight is 342 g/mol. The zero-order valence-electron chi connectivity index (χ0n) is 14.0. The zero-order chi connectivity index (χ0) is 16.9. The monoisotopic (exact) mass is 342 g/mol. The molecule has 126 valence electrons. The van der Waals surface area contributed by atoms with Gasteiger partial charge >= 0.3 is 0 Å². The van der Waals surface area contributed by atoms with Gasteiger partial charge in [0.2, 0.25) is 0 Å². The first-order valence-electron chi connectivity index (χ1n) is 8.21. The molecule has 1 heterocycles. The van der Waals surface area contributed by atoms with Crippen molar-refractivity contribution in [1.29, 1.82) is 0 Å². The summed E-state index contributed by atoms with van der Waals surface area (Å²) in [4.78, 5) is 0. The van der Waals surface area contributed by atoms with Gasteiger partial charge in [-0.25, -0.2) is 0 Å². The minimum Gasteiger partial charge on any atom is -0.486 e. The summed E-state index contributed by atoms with van der Waals surface area (Å²) in [5, 5.41) is 7.12. The minimum atomic E-state index is 0.0655. The number of anilines is 1. The van der Waals surface area contributed by atoms with Crippen LogP contribution in [0.2, 0.25) is 0 Å². The average Bonchev–Trinajstić information content (AvgIpc) is 2.61. The van der Waals surface area contributed by atoms with Crippen LogP contribution in [0, 0.1) is 0 Å². The summed E-state index contributed by atoms with van der Waals surface area (Å²) < 4.78 is 11.2. The van der Waals surface area contributed by atoms with Crippen LogP contribution in [-0.4, -0.2) is 18.3 Å². The van der Waals surface area contributed by atoms with Crippen molar-refractivity contribution in [2.24, 2.45) is 0 Å². The minimum absolute atomic E-state index is 0.0655. The highest BCUT2D eigenvalue weighted by Gasteiger charge is 2.15. The van der Waals surface area contributed by atoms with Gasteiger partial charge in [0.25, 0.3) is 0 Å². The first-order valence-corrected chi connectivity index (χ1v) is 8.62. The molecule has 0 spiro atoms. The van der Waals surface area contributed by atoms with E-state index < -0.39 is 0 Å². The normalized spacial score (nSPS) is 13.9. The topological polar surface area (TPSA) is 42.5 Å². The van der Waals surface area contributed by atoms with Gasteiger partial charge in [0.1, 0.15) is 13.2 Å². The summed E-state index contributed by atoms with van der Waals surface area (Å²) in [7, 11) is 0. The highest BCUT2D eigenvalue weighted by molar-refractivity contribution is 7.80. The SMILES string of the molecule is CCc1ccc(NC(=S)N[C@@H](C)c2ccc3c(c2)OCCO3)cc1. The Morgan fingerprint density at radius 3 is 2.50 bits per heavy atom. The van der Waals surface area contributed by atoms with Crippen molar-refractivity contribution in [3.63, 3.8) is 0 Å². The molecule has 0 aliphatic carbocycles. The van der Waals surface area contributed by atoms with Crippen molar-refractivity contribution in [3.05, 3.63) is 53.6 Å². The number of aryl methyl sites for hydroxylation is 1. The highest BCUT2D eigenvalue weighted by Crippen LogP contribution is 2.32. The first kappa shape index (κ1) is 16.6. The lowest BCUT2D eigenvalue weighted by Gasteiger charge is -2.22. The van der Waals surface area contributed by atoms with Crippen LogP contribution in [0.25, 0.3) is 0 Å². The second-order valence-corrected chi connectivity index (χ2v) is 6.18. The van der Waals surface area contributed by atoms with Crippen LogP contribution in [0.1, 0.15) is 31.0 Å². The van der Waals surface area contributed by atoms with E-state index in [0.717, 1.165) is 29.2 Å². The summed E-state index contributed by atoms with van der Waals surface area (Å²) in [6.07, 6.45) is 1.03. The Hall–Kier alpha value is -2.27. The molecule has 1 atom stereocenters. The molecule has 2 N–H and O–H groups in total.